The highest BCUT2D eigenvalue weighted by molar-refractivity contribution is 5.69. The molecule has 0 aromatic heterocycles. The van der Waals surface area contributed by atoms with Gasteiger partial charge in [-0.05, 0) is 79.1 Å². The van der Waals surface area contributed by atoms with Gasteiger partial charge in [0.2, 0.25) is 0 Å². The van der Waals surface area contributed by atoms with Crippen LogP contribution >= 0.6 is 0 Å². The molecular formula is C26H46O2. The average molecular weight is 391 g/mol. The molecule has 0 aliphatic heterocycles. The molecular weight excluding hydrogens is 344 g/mol. The second-order valence-electron chi connectivity index (χ2n) is 8.88. The lowest BCUT2D eigenvalue weighted by atomic mass is 9.95. The zero-order chi connectivity index (χ0) is 21.4. The molecule has 28 heavy (non-hydrogen) atoms. The predicted molar refractivity (Wildman–Crippen MR) is 124 cm³/mol. The van der Waals surface area contributed by atoms with Gasteiger partial charge in [-0.15, -0.1) is 0 Å². The Morgan fingerprint density at radius 2 is 1.54 bits per heavy atom. The summed E-state index contributed by atoms with van der Waals surface area (Å²) >= 11 is 0. The molecule has 0 fully saturated rings. The summed E-state index contributed by atoms with van der Waals surface area (Å²) in [4.78, 5) is 12.2. The summed E-state index contributed by atoms with van der Waals surface area (Å²) in [7, 11) is 0. The van der Waals surface area contributed by atoms with E-state index in [1.54, 1.807) is 0 Å². The molecule has 0 rings (SSSR count). The summed E-state index contributed by atoms with van der Waals surface area (Å²) in [6, 6.07) is 0. The van der Waals surface area contributed by atoms with Crippen molar-refractivity contribution in [1.82, 2.24) is 0 Å². The molecule has 0 N–H and O–H groups in total. The number of esters is 1. The van der Waals surface area contributed by atoms with Crippen molar-refractivity contribution >= 4 is 5.97 Å². The van der Waals surface area contributed by atoms with Crippen LogP contribution in [-0.4, -0.2) is 12.1 Å². The lowest BCUT2D eigenvalue weighted by Gasteiger charge is -2.21. The van der Waals surface area contributed by atoms with E-state index in [0.717, 1.165) is 57.8 Å². The summed E-state index contributed by atoms with van der Waals surface area (Å²) < 4.78 is 5.88. The van der Waals surface area contributed by atoms with Crippen LogP contribution in [0.15, 0.2) is 34.9 Å². The molecule has 2 unspecified atom stereocenters. The van der Waals surface area contributed by atoms with Gasteiger partial charge >= 0.3 is 5.97 Å². The molecule has 0 aliphatic rings. The zero-order valence-corrected chi connectivity index (χ0v) is 19.8. The summed E-state index contributed by atoms with van der Waals surface area (Å²) in [6.45, 7) is 15.2. The molecule has 0 heterocycles. The number of carbonyl (C=O) groups excluding carboxylic acids is 1. The van der Waals surface area contributed by atoms with E-state index in [4.69, 9.17) is 4.74 Å². The summed E-state index contributed by atoms with van der Waals surface area (Å²) in [5.74, 6) is 0.536. The van der Waals surface area contributed by atoms with Crippen LogP contribution in [0, 0.1) is 5.92 Å². The second kappa shape index (κ2) is 16.6. The third-order valence-electron chi connectivity index (χ3n) is 4.98. The molecule has 0 bridgehead atoms. The predicted octanol–water partition coefficient (Wildman–Crippen LogP) is 8.33. The number of hydrogen-bond acceptors (Lipinski definition) is 2. The van der Waals surface area contributed by atoms with Crippen molar-refractivity contribution in [3.8, 4) is 0 Å². The molecule has 0 saturated carbocycles. The van der Waals surface area contributed by atoms with Crippen LogP contribution in [0.4, 0.5) is 0 Å². The molecule has 0 radical (unpaired) electrons. The molecule has 0 spiro atoms. The number of allylic oxidation sites excluding steroid dienone is 5. The molecule has 0 amide bonds. The van der Waals surface area contributed by atoms with E-state index in [-0.39, 0.29) is 12.1 Å². The Labute approximate surface area is 175 Å². The van der Waals surface area contributed by atoms with Crippen LogP contribution < -0.4 is 0 Å². The maximum atomic E-state index is 12.2. The summed E-state index contributed by atoms with van der Waals surface area (Å²) in [5.41, 5.74) is 4.14. The monoisotopic (exact) mass is 390 g/mol. The minimum atomic E-state index is -0.0226. The zero-order valence-electron chi connectivity index (χ0n) is 19.8. The Hall–Kier alpha value is -1.31. The van der Waals surface area contributed by atoms with Gasteiger partial charge in [-0.2, -0.15) is 0 Å². The first-order valence-electron chi connectivity index (χ1n) is 11.4. The smallest absolute Gasteiger partial charge is 0.306 e. The van der Waals surface area contributed by atoms with Gasteiger partial charge in [0.1, 0.15) is 6.10 Å². The lowest BCUT2D eigenvalue weighted by Crippen LogP contribution is -2.20. The number of carbonyl (C=O) groups is 1. The average Bonchev–Trinajstić information content (AvgIpc) is 2.59. The summed E-state index contributed by atoms with van der Waals surface area (Å²) in [5, 5.41) is 0. The van der Waals surface area contributed by atoms with Gasteiger partial charge in [0.05, 0.1) is 0 Å². The Morgan fingerprint density at radius 1 is 0.893 bits per heavy atom. The van der Waals surface area contributed by atoms with Gasteiger partial charge in [-0.25, -0.2) is 0 Å². The van der Waals surface area contributed by atoms with Crippen LogP contribution in [0.1, 0.15) is 113 Å². The van der Waals surface area contributed by atoms with Gasteiger partial charge in [0, 0.05) is 12.8 Å². The van der Waals surface area contributed by atoms with E-state index >= 15 is 0 Å². The van der Waals surface area contributed by atoms with Crippen LogP contribution in [0.2, 0.25) is 0 Å². The van der Waals surface area contributed by atoms with E-state index in [1.165, 1.54) is 16.7 Å². The van der Waals surface area contributed by atoms with Gasteiger partial charge in [-0.1, -0.05) is 61.6 Å². The largest absolute Gasteiger partial charge is 0.462 e. The number of unbranched alkanes of at least 4 members (excludes halogenated alkanes) is 2. The number of hydrogen-bond donors (Lipinski definition) is 0. The first kappa shape index (κ1) is 26.7. The third-order valence-corrected chi connectivity index (χ3v) is 4.98. The van der Waals surface area contributed by atoms with E-state index < -0.39 is 0 Å². The Morgan fingerprint density at radius 3 is 2.14 bits per heavy atom. The fourth-order valence-corrected chi connectivity index (χ4v) is 3.20. The highest BCUT2D eigenvalue weighted by Gasteiger charge is 2.17. The molecule has 2 heteroatoms. The third kappa shape index (κ3) is 16.8. The Kier molecular flexibility index (Phi) is 15.8. The van der Waals surface area contributed by atoms with Crippen LogP contribution in [-0.2, 0) is 9.53 Å². The SMILES string of the molecule is CCCCCC(=O)OC(C/C=C(\C)CCC=C(C)C)CC(C)CCC=C(C)C. The molecule has 0 aliphatic carbocycles. The molecule has 2 nitrogen and oxygen atoms in total. The minimum Gasteiger partial charge on any atom is -0.462 e. The maximum absolute atomic E-state index is 12.2. The first-order valence-corrected chi connectivity index (χ1v) is 11.4. The van der Waals surface area contributed by atoms with Crippen LogP contribution in [0.3, 0.4) is 0 Å². The fraction of sp³-hybridized carbons (Fsp3) is 0.731. The quantitative estimate of drug-likeness (QED) is 0.159. The number of rotatable bonds is 15. The maximum Gasteiger partial charge on any atom is 0.306 e. The van der Waals surface area contributed by atoms with Gasteiger partial charge in [-0.3, -0.25) is 4.79 Å². The van der Waals surface area contributed by atoms with E-state index in [9.17, 15) is 4.79 Å². The van der Waals surface area contributed by atoms with Crippen molar-refractivity contribution in [2.75, 3.05) is 0 Å². The molecule has 0 saturated heterocycles. The molecule has 0 aromatic rings. The van der Waals surface area contributed by atoms with E-state index in [2.05, 4.69) is 66.7 Å². The van der Waals surface area contributed by atoms with Crippen LogP contribution in [0.5, 0.6) is 0 Å². The van der Waals surface area contributed by atoms with E-state index in [0.29, 0.717) is 12.3 Å². The number of ether oxygens (including phenoxy) is 1. The van der Waals surface area contributed by atoms with Crippen molar-refractivity contribution in [2.45, 2.75) is 119 Å². The first-order chi connectivity index (χ1) is 13.2. The van der Waals surface area contributed by atoms with Crippen molar-refractivity contribution in [3.63, 3.8) is 0 Å². The van der Waals surface area contributed by atoms with Crippen molar-refractivity contribution < 1.29 is 9.53 Å². The Balaban J connectivity index is 4.70. The highest BCUT2D eigenvalue weighted by atomic mass is 16.5. The van der Waals surface area contributed by atoms with Gasteiger partial charge in [0.25, 0.3) is 0 Å². The fourth-order valence-electron chi connectivity index (χ4n) is 3.20. The minimum absolute atomic E-state index is 0.00855. The molecule has 2 atom stereocenters. The lowest BCUT2D eigenvalue weighted by molar-refractivity contribution is -0.149. The molecule has 162 valence electrons. The highest BCUT2D eigenvalue weighted by Crippen LogP contribution is 2.20. The standard InChI is InChI=1S/C26H46O2/c1-8-9-10-17-26(27)28-25(20-24(7)16-12-14-22(4)5)19-18-23(6)15-11-13-21(2)3/h13-14,18,24-25H,8-12,15-17,19-20H2,1-7H3/b23-18+. The Bertz CT molecular complexity index is 503. The second-order valence-corrected chi connectivity index (χ2v) is 8.88. The van der Waals surface area contributed by atoms with E-state index in [1.807, 2.05) is 0 Å². The van der Waals surface area contributed by atoms with Gasteiger partial charge < -0.3 is 4.74 Å². The van der Waals surface area contributed by atoms with Crippen molar-refractivity contribution in [1.29, 1.82) is 0 Å². The normalized spacial score (nSPS) is 13.6. The topological polar surface area (TPSA) is 26.3 Å². The van der Waals surface area contributed by atoms with Crippen molar-refractivity contribution in [3.05, 3.63) is 34.9 Å². The summed E-state index contributed by atoms with van der Waals surface area (Å²) in [6.07, 6.45) is 16.8. The molecule has 0 aromatic carbocycles. The van der Waals surface area contributed by atoms with Crippen LogP contribution in [0.25, 0.3) is 0 Å². The van der Waals surface area contributed by atoms with Gasteiger partial charge in [0.15, 0.2) is 0 Å². The van der Waals surface area contributed by atoms with Crippen molar-refractivity contribution in [2.24, 2.45) is 5.92 Å².